The first-order chi connectivity index (χ1) is 15.1. The maximum atomic E-state index is 11.6. The lowest BCUT2D eigenvalue weighted by molar-refractivity contribution is -0.122. The topological polar surface area (TPSA) is 108 Å². The summed E-state index contributed by atoms with van der Waals surface area (Å²) in [7, 11) is 0. The van der Waals surface area contributed by atoms with Gasteiger partial charge in [-0.1, -0.05) is 12.1 Å². The number of hydrogen-bond donors (Lipinski definition) is 2. The minimum atomic E-state index is -0.231. The van der Waals surface area contributed by atoms with Crippen LogP contribution in [0.4, 0.5) is 16.6 Å². The number of nitriles is 1. The number of fused-ring (bicyclic) bond motifs is 2. The molecule has 0 unspecified atom stereocenters. The van der Waals surface area contributed by atoms with Gasteiger partial charge in [-0.05, 0) is 56.2 Å². The van der Waals surface area contributed by atoms with E-state index in [1.165, 1.54) is 16.9 Å². The molecule has 3 N–H and O–H groups in total. The largest absolute Gasteiger partial charge is 0.369 e. The molecule has 31 heavy (non-hydrogen) atoms. The summed E-state index contributed by atoms with van der Waals surface area (Å²) in [6.07, 6.45) is 5.72. The molecule has 1 aliphatic heterocycles. The predicted octanol–water partition coefficient (Wildman–Crippen LogP) is 3.89. The molecular weight excluding hydrogens is 408 g/mol. The number of carbonyl (C=O) groups excluding carboxylic acids is 1. The number of nitrogens with zero attached hydrogens (tertiary/aromatic N) is 4. The Morgan fingerprint density at radius 2 is 1.87 bits per heavy atom. The Hall–Kier alpha value is -3.18. The van der Waals surface area contributed by atoms with Crippen LogP contribution in [0.2, 0.25) is 0 Å². The van der Waals surface area contributed by atoms with E-state index < -0.39 is 0 Å². The molecule has 0 bridgehead atoms. The van der Waals surface area contributed by atoms with E-state index in [1.54, 1.807) is 11.3 Å². The number of thiophene rings is 1. The molecule has 3 heterocycles. The molecule has 1 aromatic carbocycles. The minimum Gasteiger partial charge on any atom is -0.369 e. The number of nitrogens with one attached hydrogen (secondary N) is 1. The molecule has 2 aliphatic rings. The summed E-state index contributed by atoms with van der Waals surface area (Å²) in [6.45, 7) is 1.39. The number of amides is 1. The first-order valence-corrected chi connectivity index (χ1v) is 11.6. The van der Waals surface area contributed by atoms with Crippen LogP contribution >= 0.6 is 11.3 Å². The van der Waals surface area contributed by atoms with Gasteiger partial charge in [0.05, 0.1) is 16.6 Å². The van der Waals surface area contributed by atoms with Crippen molar-refractivity contribution in [2.75, 3.05) is 23.3 Å². The van der Waals surface area contributed by atoms with Crippen LogP contribution in [0.5, 0.6) is 0 Å². The quantitative estimate of drug-likeness (QED) is 0.648. The van der Waals surface area contributed by atoms with E-state index in [-0.39, 0.29) is 11.8 Å². The number of aromatic nitrogens is 2. The molecule has 0 saturated carbocycles. The van der Waals surface area contributed by atoms with Gasteiger partial charge < -0.3 is 16.0 Å². The van der Waals surface area contributed by atoms with E-state index in [2.05, 4.69) is 16.3 Å². The monoisotopic (exact) mass is 432 g/mol. The Kier molecular flexibility index (Phi) is 5.20. The Balaban J connectivity index is 1.54. The molecular formula is C23H24N6OS. The first kappa shape index (κ1) is 19.8. The Bertz CT molecular complexity index is 1190. The predicted molar refractivity (Wildman–Crippen MR) is 123 cm³/mol. The molecule has 0 spiro atoms. The molecule has 5 rings (SSSR count). The summed E-state index contributed by atoms with van der Waals surface area (Å²) in [5.41, 5.74) is 9.08. The number of anilines is 3. The maximum absolute atomic E-state index is 11.6. The molecule has 1 fully saturated rings. The number of aryl methyl sites for hydroxylation is 1. The fraction of sp³-hybridized carbons (Fsp3) is 0.391. The van der Waals surface area contributed by atoms with E-state index in [0.29, 0.717) is 31.7 Å². The van der Waals surface area contributed by atoms with Crippen LogP contribution in [0.1, 0.15) is 41.7 Å². The molecule has 1 amide bonds. The molecule has 8 heteroatoms. The molecule has 0 atom stereocenters. The van der Waals surface area contributed by atoms with Crippen molar-refractivity contribution in [1.29, 1.82) is 5.26 Å². The third kappa shape index (κ3) is 3.70. The Labute approximate surface area is 184 Å². The summed E-state index contributed by atoms with van der Waals surface area (Å²) in [5.74, 6) is 1.10. The van der Waals surface area contributed by atoms with E-state index in [9.17, 15) is 10.1 Å². The van der Waals surface area contributed by atoms with Crippen molar-refractivity contribution in [3.05, 3.63) is 40.3 Å². The fourth-order valence-electron chi connectivity index (χ4n) is 4.55. The van der Waals surface area contributed by atoms with Crippen molar-refractivity contribution in [2.24, 2.45) is 11.7 Å². The summed E-state index contributed by atoms with van der Waals surface area (Å²) >= 11 is 1.67. The van der Waals surface area contributed by atoms with Gasteiger partial charge in [0.15, 0.2) is 11.6 Å². The number of benzene rings is 1. The second kappa shape index (κ2) is 8.16. The molecule has 1 aliphatic carbocycles. The lowest BCUT2D eigenvalue weighted by Gasteiger charge is -2.32. The summed E-state index contributed by atoms with van der Waals surface area (Å²) in [5, 5.41) is 14.2. The van der Waals surface area contributed by atoms with Crippen molar-refractivity contribution in [1.82, 2.24) is 9.97 Å². The number of nitrogens with two attached hydrogens (primary N) is 1. The molecule has 7 nitrogen and oxygen atoms in total. The highest BCUT2D eigenvalue weighted by atomic mass is 32.1. The highest BCUT2D eigenvalue weighted by Gasteiger charge is 2.27. The number of primary amides is 1. The second-order valence-corrected chi connectivity index (χ2v) is 9.31. The zero-order valence-electron chi connectivity index (χ0n) is 17.2. The average Bonchev–Trinajstić information content (AvgIpc) is 3.15. The summed E-state index contributed by atoms with van der Waals surface area (Å²) < 4.78 is 0. The highest BCUT2D eigenvalue weighted by Crippen LogP contribution is 2.40. The molecule has 1 saturated heterocycles. The second-order valence-electron chi connectivity index (χ2n) is 8.20. The van der Waals surface area contributed by atoms with Crippen LogP contribution in [-0.2, 0) is 17.6 Å². The third-order valence-corrected chi connectivity index (χ3v) is 7.47. The highest BCUT2D eigenvalue weighted by molar-refractivity contribution is 7.16. The van der Waals surface area contributed by atoms with Gasteiger partial charge in [-0.25, -0.2) is 9.97 Å². The van der Waals surface area contributed by atoms with Crippen LogP contribution in [0.15, 0.2) is 24.3 Å². The normalized spacial score (nSPS) is 16.7. The SMILES string of the molecule is N#Cc1c(Nc2nc3ccccc3nc2N2CCC(C(N)=O)CC2)sc2c1CCCC2. The number of para-hydroxylation sites is 2. The average molecular weight is 433 g/mol. The lowest BCUT2D eigenvalue weighted by Crippen LogP contribution is -2.39. The Morgan fingerprint density at radius 1 is 1.16 bits per heavy atom. The van der Waals surface area contributed by atoms with E-state index in [0.717, 1.165) is 46.7 Å². The van der Waals surface area contributed by atoms with Crippen LogP contribution in [0.3, 0.4) is 0 Å². The van der Waals surface area contributed by atoms with Crippen molar-refractivity contribution in [3.8, 4) is 6.07 Å². The summed E-state index contributed by atoms with van der Waals surface area (Å²) in [6, 6.07) is 10.2. The van der Waals surface area contributed by atoms with Crippen LogP contribution < -0.4 is 16.0 Å². The minimum absolute atomic E-state index is 0.0877. The van der Waals surface area contributed by atoms with E-state index >= 15 is 0 Å². The van der Waals surface area contributed by atoms with Gasteiger partial charge in [0.2, 0.25) is 5.91 Å². The van der Waals surface area contributed by atoms with Crippen molar-refractivity contribution < 1.29 is 4.79 Å². The van der Waals surface area contributed by atoms with Crippen LogP contribution in [0, 0.1) is 17.2 Å². The van der Waals surface area contributed by atoms with Gasteiger partial charge >= 0.3 is 0 Å². The van der Waals surface area contributed by atoms with Gasteiger partial charge in [-0.3, -0.25) is 4.79 Å². The number of hydrogen-bond acceptors (Lipinski definition) is 7. The van der Waals surface area contributed by atoms with Gasteiger partial charge in [-0.2, -0.15) is 5.26 Å². The van der Waals surface area contributed by atoms with Gasteiger partial charge in [0.25, 0.3) is 0 Å². The van der Waals surface area contributed by atoms with Gasteiger partial charge in [-0.15, -0.1) is 11.3 Å². The van der Waals surface area contributed by atoms with E-state index in [1.807, 2.05) is 24.3 Å². The molecule has 2 aromatic heterocycles. The van der Waals surface area contributed by atoms with Crippen molar-refractivity contribution in [2.45, 2.75) is 38.5 Å². The molecule has 158 valence electrons. The third-order valence-electron chi connectivity index (χ3n) is 6.26. The number of piperidine rings is 1. The first-order valence-electron chi connectivity index (χ1n) is 10.8. The number of rotatable bonds is 4. The van der Waals surface area contributed by atoms with Crippen molar-refractivity contribution >= 4 is 44.9 Å². The van der Waals surface area contributed by atoms with Gasteiger partial charge in [0, 0.05) is 23.9 Å². The van der Waals surface area contributed by atoms with Crippen LogP contribution in [0.25, 0.3) is 11.0 Å². The standard InChI is InChI=1S/C23H24N6OS/c24-13-16-15-5-1-4-8-19(15)31-23(16)28-21-22(27-18-7-3-2-6-17(18)26-21)29-11-9-14(10-12-29)20(25)30/h2-3,6-7,14H,1,4-5,8-12H2,(H2,25,30)(H,26,28). The van der Waals surface area contributed by atoms with Crippen molar-refractivity contribution in [3.63, 3.8) is 0 Å². The Morgan fingerprint density at radius 3 is 2.58 bits per heavy atom. The molecule has 0 radical (unpaired) electrons. The smallest absolute Gasteiger partial charge is 0.220 e. The van der Waals surface area contributed by atoms with E-state index in [4.69, 9.17) is 15.7 Å². The lowest BCUT2D eigenvalue weighted by atomic mass is 9.96. The van der Waals surface area contributed by atoms with Crippen LogP contribution in [-0.4, -0.2) is 29.0 Å². The summed E-state index contributed by atoms with van der Waals surface area (Å²) in [4.78, 5) is 24.8. The zero-order valence-corrected chi connectivity index (χ0v) is 18.0. The zero-order chi connectivity index (χ0) is 21.4. The molecule has 3 aromatic rings. The fourth-order valence-corrected chi connectivity index (χ4v) is 5.79. The number of carbonyl (C=O) groups is 1. The van der Waals surface area contributed by atoms with Gasteiger partial charge in [0.1, 0.15) is 11.1 Å². The maximum Gasteiger partial charge on any atom is 0.220 e.